The molecule has 1 atom stereocenters. The van der Waals surface area contributed by atoms with Crippen molar-refractivity contribution in [2.45, 2.75) is 32.4 Å². The van der Waals surface area contributed by atoms with E-state index in [0.717, 1.165) is 6.08 Å². The van der Waals surface area contributed by atoms with Crippen LogP contribution in [0, 0.1) is 0 Å². The topological polar surface area (TPSA) is 55.4 Å². The Morgan fingerprint density at radius 3 is 2.32 bits per heavy atom. The van der Waals surface area contributed by atoms with E-state index in [2.05, 4.69) is 11.9 Å². The lowest BCUT2D eigenvalue weighted by Gasteiger charge is -2.24. The standard InChI is InChI=1S/C15H19NO3/c1-5-12(17)19-13(11-9-7-6-8-10-11)14(18)16-15(2,3)4/h5-10,13H,1H2,2-4H3,(H,16,18). The summed E-state index contributed by atoms with van der Waals surface area (Å²) in [7, 11) is 0. The van der Waals surface area contributed by atoms with Crippen LogP contribution in [0.2, 0.25) is 0 Å². The van der Waals surface area contributed by atoms with E-state index in [0.29, 0.717) is 5.56 Å². The zero-order valence-corrected chi connectivity index (χ0v) is 11.5. The second-order valence-corrected chi connectivity index (χ2v) is 5.17. The summed E-state index contributed by atoms with van der Waals surface area (Å²) in [6.45, 7) is 8.93. The van der Waals surface area contributed by atoms with Gasteiger partial charge in [-0.05, 0) is 20.8 Å². The van der Waals surface area contributed by atoms with E-state index in [4.69, 9.17) is 4.74 Å². The van der Waals surface area contributed by atoms with Crippen molar-refractivity contribution in [1.82, 2.24) is 5.32 Å². The maximum atomic E-state index is 12.2. The molecule has 0 saturated heterocycles. The van der Waals surface area contributed by atoms with Crippen molar-refractivity contribution in [2.24, 2.45) is 0 Å². The molecule has 0 aromatic heterocycles. The molecule has 4 heteroatoms. The monoisotopic (exact) mass is 261 g/mol. The number of amides is 1. The second kappa shape index (κ2) is 6.18. The normalized spacial score (nSPS) is 12.4. The van der Waals surface area contributed by atoms with Crippen LogP contribution in [0.5, 0.6) is 0 Å². The van der Waals surface area contributed by atoms with Crippen molar-refractivity contribution in [1.29, 1.82) is 0 Å². The fraction of sp³-hybridized carbons (Fsp3) is 0.333. The van der Waals surface area contributed by atoms with Crippen LogP contribution in [0.4, 0.5) is 0 Å². The number of esters is 1. The van der Waals surface area contributed by atoms with Crippen LogP contribution in [-0.4, -0.2) is 17.4 Å². The van der Waals surface area contributed by atoms with Crippen LogP contribution in [-0.2, 0) is 14.3 Å². The molecule has 1 aromatic rings. The fourth-order valence-electron chi connectivity index (χ4n) is 1.50. The van der Waals surface area contributed by atoms with Gasteiger partial charge >= 0.3 is 5.97 Å². The summed E-state index contributed by atoms with van der Waals surface area (Å²) >= 11 is 0. The van der Waals surface area contributed by atoms with Gasteiger partial charge in [-0.2, -0.15) is 0 Å². The highest BCUT2D eigenvalue weighted by molar-refractivity contribution is 5.88. The average molecular weight is 261 g/mol. The Labute approximate surface area is 113 Å². The first-order chi connectivity index (χ1) is 8.83. The number of benzene rings is 1. The third-order valence-electron chi connectivity index (χ3n) is 2.24. The zero-order chi connectivity index (χ0) is 14.5. The van der Waals surface area contributed by atoms with E-state index < -0.39 is 17.6 Å². The van der Waals surface area contributed by atoms with E-state index in [1.165, 1.54) is 0 Å². The Morgan fingerprint density at radius 1 is 1.26 bits per heavy atom. The number of hydrogen-bond acceptors (Lipinski definition) is 3. The van der Waals surface area contributed by atoms with Crippen LogP contribution < -0.4 is 5.32 Å². The van der Waals surface area contributed by atoms with Crippen LogP contribution in [0.3, 0.4) is 0 Å². The van der Waals surface area contributed by atoms with E-state index in [-0.39, 0.29) is 5.91 Å². The predicted molar refractivity (Wildman–Crippen MR) is 73.4 cm³/mol. The highest BCUT2D eigenvalue weighted by Crippen LogP contribution is 2.19. The van der Waals surface area contributed by atoms with Crippen molar-refractivity contribution >= 4 is 11.9 Å². The van der Waals surface area contributed by atoms with Crippen LogP contribution in [0.25, 0.3) is 0 Å². The molecule has 0 heterocycles. The average Bonchev–Trinajstić information content (AvgIpc) is 2.34. The van der Waals surface area contributed by atoms with Gasteiger partial charge in [-0.1, -0.05) is 36.9 Å². The van der Waals surface area contributed by atoms with E-state index in [9.17, 15) is 9.59 Å². The molecular weight excluding hydrogens is 242 g/mol. The molecule has 0 aliphatic carbocycles. The van der Waals surface area contributed by atoms with Gasteiger partial charge in [0.05, 0.1) is 0 Å². The van der Waals surface area contributed by atoms with Crippen molar-refractivity contribution in [3.8, 4) is 0 Å². The molecule has 0 aliphatic heterocycles. The van der Waals surface area contributed by atoms with Crippen molar-refractivity contribution in [3.05, 3.63) is 48.6 Å². The Kier molecular flexibility index (Phi) is 4.87. The molecule has 0 bridgehead atoms. The molecular formula is C15H19NO3. The molecule has 0 radical (unpaired) electrons. The van der Waals surface area contributed by atoms with Crippen molar-refractivity contribution < 1.29 is 14.3 Å². The fourth-order valence-corrected chi connectivity index (χ4v) is 1.50. The van der Waals surface area contributed by atoms with Gasteiger partial charge in [0, 0.05) is 17.2 Å². The number of rotatable bonds is 4. The van der Waals surface area contributed by atoms with Gasteiger partial charge in [0.25, 0.3) is 5.91 Å². The zero-order valence-electron chi connectivity index (χ0n) is 11.5. The Bertz CT molecular complexity index is 460. The summed E-state index contributed by atoms with van der Waals surface area (Å²) < 4.78 is 5.12. The first-order valence-electron chi connectivity index (χ1n) is 6.03. The summed E-state index contributed by atoms with van der Waals surface area (Å²) in [6.07, 6.45) is 0.0752. The van der Waals surface area contributed by atoms with Gasteiger partial charge in [-0.25, -0.2) is 4.79 Å². The number of carbonyl (C=O) groups excluding carboxylic acids is 2. The van der Waals surface area contributed by atoms with Gasteiger partial charge in [-0.3, -0.25) is 4.79 Å². The third-order valence-corrected chi connectivity index (χ3v) is 2.24. The van der Waals surface area contributed by atoms with Crippen LogP contribution in [0.15, 0.2) is 43.0 Å². The molecule has 1 amide bonds. The SMILES string of the molecule is C=CC(=O)OC(C(=O)NC(C)(C)C)c1ccccc1. The predicted octanol–water partition coefficient (Wildman–Crippen LogP) is 2.37. The first kappa shape index (κ1) is 15.0. The molecule has 0 fully saturated rings. The van der Waals surface area contributed by atoms with Crippen LogP contribution in [0.1, 0.15) is 32.4 Å². The quantitative estimate of drug-likeness (QED) is 0.668. The maximum Gasteiger partial charge on any atom is 0.331 e. The summed E-state index contributed by atoms with van der Waals surface area (Å²) in [6, 6.07) is 8.88. The summed E-state index contributed by atoms with van der Waals surface area (Å²) in [5, 5.41) is 2.80. The second-order valence-electron chi connectivity index (χ2n) is 5.17. The minimum absolute atomic E-state index is 0.353. The smallest absolute Gasteiger partial charge is 0.331 e. The lowest BCUT2D eigenvalue weighted by Crippen LogP contribution is -2.44. The number of ether oxygens (including phenoxy) is 1. The molecule has 1 aromatic carbocycles. The largest absolute Gasteiger partial charge is 0.444 e. The van der Waals surface area contributed by atoms with Gasteiger partial charge in [0.15, 0.2) is 0 Å². The lowest BCUT2D eigenvalue weighted by atomic mass is 10.1. The molecule has 1 rings (SSSR count). The van der Waals surface area contributed by atoms with Gasteiger partial charge in [0.2, 0.25) is 6.10 Å². The highest BCUT2D eigenvalue weighted by atomic mass is 16.5. The molecule has 0 spiro atoms. The third kappa shape index (κ3) is 4.95. The summed E-state index contributed by atoms with van der Waals surface area (Å²) in [5.74, 6) is -0.980. The molecule has 102 valence electrons. The highest BCUT2D eigenvalue weighted by Gasteiger charge is 2.27. The van der Waals surface area contributed by atoms with Crippen molar-refractivity contribution in [3.63, 3.8) is 0 Å². The Balaban J connectivity index is 2.96. The lowest BCUT2D eigenvalue weighted by molar-refractivity contribution is -0.152. The van der Waals surface area contributed by atoms with E-state index in [1.807, 2.05) is 26.8 Å². The van der Waals surface area contributed by atoms with Gasteiger partial charge in [-0.15, -0.1) is 0 Å². The molecule has 1 N–H and O–H groups in total. The number of carbonyl (C=O) groups is 2. The van der Waals surface area contributed by atoms with Crippen molar-refractivity contribution in [2.75, 3.05) is 0 Å². The Hall–Kier alpha value is -2.10. The minimum atomic E-state index is -0.967. The molecule has 0 saturated carbocycles. The van der Waals surface area contributed by atoms with E-state index in [1.54, 1.807) is 24.3 Å². The minimum Gasteiger partial charge on any atom is -0.444 e. The number of hydrogen-bond donors (Lipinski definition) is 1. The summed E-state index contributed by atoms with van der Waals surface area (Å²) in [5.41, 5.74) is 0.226. The number of nitrogens with one attached hydrogen (secondary N) is 1. The van der Waals surface area contributed by atoms with Crippen LogP contribution >= 0.6 is 0 Å². The Morgan fingerprint density at radius 2 is 1.84 bits per heavy atom. The van der Waals surface area contributed by atoms with Gasteiger partial charge < -0.3 is 10.1 Å². The molecule has 19 heavy (non-hydrogen) atoms. The maximum absolute atomic E-state index is 12.2. The van der Waals surface area contributed by atoms with E-state index >= 15 is 0 Å². The van der Waals surface area contributed by atoms with Gasteiger partial charge in [0.1, 0.15) is 0 Å². The first-order valence-corrected chi connectivity index (χ1v) is 6.03. The molecule has 1 unspecified atom stereocenters. The molecule has 0 aliphatic rings. The molecule has 4 nitrogen and oxygen atoms in total. The summed E-state index contributed by atoms with van der Waals surface area (Å²) in [4.78, 5) is 23.5.